The minimum absolute atomic E-state index is 0.204. The summed E-state index contributed by atoms with van der Waals surface area (Å²) in [6.45, 7) is 8.09. The summed E-state index contributed by atoms with van der Waals surface area (Å²) in [5.41, 5.74) is 2.23. The Bertz CT molecular complexity index is 517. The fourth-order valence-electron chi connectivity index (χ4n) is 2.13. The monoisotopic (exact) mass is 269 g/mol. The van der Waals surface area contributed by atoms with Crippen molar-refractivity contribution in [1.29, 1.82) is 0 Å². The van der Waals surface area contributed by atoms with Crippen LogP contribution in [0.25, 0.3) is 11.1 Å². The van der Waals surface area contributed by atoms with Crippen molar-refractivity contribution in [3.63, 3.8) is 0 Å². The summed E-state index contributed by atoms with van der Waals surface area (Å²) in [4.78, 5) is 0. The lowest BCUT2D eigenvalue weighted by Gasteiger charge is -2.26. The van der Waals surface area contributed by atoms with Gasteiger partial charge in [-0.3, -0.25) is 0 Å². The lowest BCUT2D eigenvalue weighted by Crippen LogP contribution is -2.40. The summed E-state index contributed by atoms with van der Waals surface area (Å²) < 4.78 is 6.03. The Kier molecular flexibility index (Phi) is 4.80. The van der Waals surface area contributed by atoms with Gasteiger partial charge in [0.25, 0.3) is 0 Å². The minimum Gasteiger partial charge on any atom is -0.487 e. The van der Waals surface area contributed by atoms with Gasteiger partial charge in [-0.25, -0.2) is 0 Å². The van der Waals surface area contributed by atoms with Crippen LogP contribution in [0.3, 0.4) is 0 Å². The molecular weight excluding hydrogens is 246 g/mol. The van der Waals surface area contributed by atoms with E-state index >= 15 is 0 Å². The molecule has 1 N–H and O–H groups in total. The zero-order valence-corrected chi connectivity index (χ0v) is 12.5. The molecule has 0 bridgehead atoms. The number of rotatable bonds is 6. The van der Waals surface area contributed by atoms with E-state index in [9.17, 15) is 0 Å². The number of benzene rings is 2. The lowest BCUT2D eigenvalue weighted by molar-refractivity contribution is 0.109. The van der Waals surface area contributed by atoms with Gasteiger partial charge in [0.15, 0.2) is 0 Å². The van der Waals surface area contributed by atoms with Gasteiger partial charge in [0.2, 0.25) is 0 Å². The van der Waals surface area contributed by atoms with Crippen LogP contribution >= 0.6 is 0 Å². The summed E-state index contributed by atoms with van der Waals surface area (Å²) >= 11 is 0. The summed E-state index contributed by atoms with van der Waals surface area (Å²) in [6.07, 6.45) is 0. The highest BCUT2D eigenvalue weighted by atomic mass is 16.5. The van der Waals surface area contributed by atoms with Gasteiger partial charge < -0.3 is 10.1 Å². The molecule has 0 radical (unpaired) electrons. The maximum absolute atomic E-state index is 6.03. The highest BCUT2D eigenvalue weighted by molar-refractivity contribution is 5.63. The van der Waals surface area contributed by atoms with E-state index in [-0.39, 0.29) is 5.60 Å². The molecule has 0 amide bonds. The van der Waals surface area contributed by atoms with Crippen LogP contribution in [-0.2, 0) is 0 Å². The Balaban J connectivity index is 2.05. The Morgan fingerprint density at radius 3 is 2.10 bits per heavy atom. The Morgan fingerprint density at radius 1 is 0.900 bits per heavy atom. The van der Waals surface area contributed by atoms with Crippen LogP contribution in [0, 0.1) is 0 Å². The molecular formula is C18H23NO. The third kappa shape index (κ3) is 4.10. The smallest absolute Gasteiger partial charge is 0.120 e. The van der Waals surface area contributed by atoms with Crippen molar-refractivity contribution in [2.45, 2.75) is 26.4 Å². The second-order valence-corrected chi connectivity index (χ2v) is 5.53. The standard InChI is InChI=1S/C18H23NO/c1-4-19-14-18(2,3)20-17-12-10-16(11-13-17)15-8-6-5-7-9-15/h5-13,19H,4,14H2,1-3H3. The molecule has 2 aromatic rings. The van der Waals surface area contributed by atoms with Crippen LogP contribution < -0.4 is 10.1 Å². The van der Waals surface area contributed by atoms with Crippen LogP contribution in [0.4, 0.5) is 0 Å². The van der Waals surface area contributed by atoms with E-state index in [1.54, 1.807) is 0 Å². The number of hydrogen-bond acceptors (Lipinski definition) is 2. The van der Waals surface area contributed by atoms with E-state index < -0.39 is 0 Å². The van der Waals surface area contributed by atoms with Crippen LogP contribution in [0.5, 0.6) is 5.75 Å². The molecule has 0 atom stereocenters. The van der Waals surface area contributed by atoms with Crippen molar-refractivity contribution in [2.24, 2.45) is 0 Å². The molecule has 0 aliphatic heterocycles. The van der Waals surface area contributed by atoms with Crippen molar-refractivity contribution >= 4 is 0 Å². The largest absolute Gasteiger partial charge is 0.487 e. The second kappa shape index (κ2) is 6.58. The molecule has 0 saturated heterocycles. The second-order valence-electron chi connectivity index (χ2n) is 5.53. The molecule has 0 saturated carbocycles. The molecule has 0 fully saturated rings. The van der Waals surface area contributed by atoms with Crippen molar-refractivity contribution in [3.8, 4) is 16.9 Å². The molecule has 2 nitrogen and oxygen atoms in total. The maximum atomic E-state index is 6.03. The van der Waals surface area contributed by atoms with Crippen LogP contribution in [-0.4, -0.2) is 18.7 Å². The fourth-order valence-corrected chi connectivity index (χ4v) is 2.13. The number of nitrogens with one attached hydrogen (secondary N) is 1. The van der Waals surface area contributed by atoms with Crippen molar-refractivity contribution < 1.29 is 4.74 Å². The first kappa shape index (κ1) is 14.6. The minimum atomic E-state index is -0.204. The third-order valence-corrected chi connectivity index (χ3v) is 3.16. The highest BCUT2D eigenvalue weighted by Crippen LogP contribution is 2.24. The van der Waals surface area contributed by atoms with Gasteiger partial charge in [0, 0.05) is 6.54 Å². The van der Waals surface area contributed by atoms with Crippen molar-refractivity contribution in [1.82, 2.24) is 5.32 Å². The zero-order valence-electron chi connectivity index (χ0n) is 12.5. The predicted molar refractivity (Wildman–Crippen MR) is 85.1 cm³/mol. The molecule has 0 unspecified atom stereocenters. The third-order valence-electron chi connectivity index (χ3n) is 3.16. The van der Waals surface area contributed by atoms with E-state index in [4.69, 9.17) is 4.74 Å². The average molecular weight is 269 g/mol. The van der Waals surface area contributed by atoms with Gasteiger partial charge in [0.1, 0.15) is 11.4 Å². The topological polar surface area (TPSA) is 21.3 Å². The number of ether oxygens (including phenoxy) is 1. The first-order chi connectivity index (χ1) is 9.61. The van der Waals surface area contributed by atoms with Gasteiger partial charge in [0.05, 0.1) is 0 Å². The Morgan fingerprint density at radius 2 is 1.50 bits per heavy atom. The Hall–Kier alpha value is -1.80. The average Bonchev–Trinajstić information content (AvgIpc) is 2.46. The molecule has 20 heavy (non-hydrogen) atoms. The van der Waals surface area contributed by atoms with E-state index in [0.29, 0.717) is 0 Å². The van der Waals surface area contributed by atoms with Crippen LogP contribution in [0.1, 0.15) is 20.8 Å². The van der Waals surface area contributed by atoms with Crippen LogP contribution in [0.15, 0.2) is 54.6 Å². The van der Waals surface area contributed by atoms with E-state index in [0.717, 1.165) is 18.8 Å². The highest BCUT2D eigenvalue weighted by Gasteiger charge is 2.18. The molecule has 2 rings (SSSR count). The molecule has 0 heterocycles. The van der Waals surface area contributed by atoms with Gasteiger partial charge in [-0.2, -0.15) is 0 Å². The molecule has 2 heteroatoms. The molecule has 0 spiro atoms. The van der Waals surface area contributed by atoms with Crippen molar-refractivity contribution in [2.75, 3.05) is 13.1 Å². The first-order valence-corrected chi connectivity index (χ1v) is 7.16. The normalized spacial score (nSPS) is 11.3. The molecule has 106 valence electrons. The first-order valence-electron chi connectivity index (χ1n) is 7.16. The van der Waals surface area contributed by atoms with Gasteiger partial charge in [-0.05, 0) is 43.7 Å². The van der Waals surface area contributed by atoms with E-state index in [1.165, 1.54) is 11.1 Å². The quantitative estimate of drug-likeness (QED) is 0.851. The maximum Gasteiger partial charge on any atom is 0.120 e. The zero-order chi connectivity index (χ0) is 14.4. The summed E-state index contributed by atoms with van der Waals surface area (Å²) in [6, 6.07) is 18.7. The lowest BCUT2D eigenvalue weighted by atomic mass is 10.1. The van der Waals surface area contributed by atoms with Crippen molar-refractivity contribution in [3.05, 3.63) is 54.6 Å². The van der Waals surface area contributed by atoms with E-state index in [2.05, 4.69) is 62.5 Å². The van der Waals surface area contributed by atoms with Gasteiger partial charge in [-0.15, -0.1) is 0 Å². The molecule has 2 aromatic carbocycles. The Labute approximate surface area is 121 Å². The number of hydrogen-bond donors (Lipinski definition) is 1. The molecule has 0 aromatic heterocycles. The predicted octanol–water partition coefficient (Wildman–Crippen LogP) is 4.12. The molecule has 0 aliphatic rings. The SMILES string of the molecule is CCNCC(C)(C)Oc1ccc(-c2ccccc2)cc1. The summed E-state index contributed by atoms with van der Waals surface area (Å²) in [7, 11) is 0. The molecule has 0 aliphatic carbocycles. The van der Waals surface area contributed by atoms with Gasteiger partial charge in [-0.1, -0.05) is 49.4 Å². The van der Waals surface area contributed by atoms with Gasteiger partial charge >= 0.3 is 0 Å². The summed E-state index contributed by atoms with van der Waals surface area (Å²) in [5.74, 6) is 0.910. The number of likely N-dealkylation sites (N-methyl/N-ethyl adjacent to an activating group) is 1. The van der Waals surface area contributed by atoms with E-state index in [1.807, 2.05) is 18.2 Å². The van der Waals surface area contributed by atoms with Crippen LogP contribution in [0.2, 0.25) is 0 Å². The summed E-state index contributed by atoms with van der Waals surface area (Å²) in [5, 5.41) is 3.32. The fraction of sp³-hybridized carbons (Fsp3) is 0.333.